The van der Waals surface area contributed by atoms with Gasteiger partial charge in [0.1, 0.15) is 5.82 Å². The number of carbonyl (C=O) groups is 1. The highest BCUT2D eigenvalue weighted by atomic mass is 16.1. The fourth-order valence-electron chi connectivity index (χ4n) is 3.56. The van der Waals surface area contributed by atoms with Crippen LogP contribution in [-0.2, 0) is 6.42 Å². The molecule has 1 aliphatic rings. The Morgan fingerprint density at radius 1 is 1.15 bits per heavy atom. The van der Waals surface area contributed by atoms with Crippen LogP contribution >= 0.6 is 0 Å². The molecule has 2 heterocycles. The normalized spacial score (nSPS) is 17.3. The van der Waals surface area contributed by atoms with E-state index in [4.69, 9.17) is 0 Å². The highest BCUT2D eigenvalue weighted by Gasteiger charge is 2.15. The van der Waals surface area contributed by atoms with Crippen molar-refractivity contribution in [2.45, 2.75) is 25.2 Å². The Morgan fingerprint density at radius 2 is 2.00 bits per heavy atom. The fourth-order valence-corrected chi connectivity index (χ4v) is 3.56. The Balaban J connectivity index is 1.31. The van der Waals surface area contributed by atoms with E-state index in [0.717, 1.165) is 29.9 Å². The molecule has 1 fully saturated rings. The number of para-hydroxylation sites is 2. The number of aromatic amines is 1. The molecule has 0 bridgehead atoms. The van der Waals surface area contributed by atoms with Gasteiger partial charge >= 0.3 is 0 Å². The van der Waals surface area contributed by atoms with Gasteiger partial charge in [-0.05, 0) is 55.1 Å². The van der Waals surface area contributed by atoms with E-state index in [-0.39, 0.29) is 5.91 Å². The van der Waals surface area contributed by atoms with E-state index in [9.17, 15) is 4.79 Å². The van der Waals surface area contributed by atoms with Crippen molar-refractivity contribution in [2.75, 3.05) is 19.6 Å². The molecule has 0 unspecified atom stereocenters. The summed E-state index contributed by atoms with van der Waals surface area (Å²) in [5.41, 5.74) is 4.02. The third-order valence-electron chi connectivity index (χ3n) is 5.03. The lowest BCUT2D eigenvalue weighted by molar-refractivity contribution is 0.0954. The topological polar surface area (TPSA) is 69.8 Å². The third-order valence-corrected chi connectivity index (χ3v) is 5.03. The first-order valence-electron chi connectivity index (χ1n) is 9.32. The maximum absolute atomic E-state index is 12.3. The van der Waals surface area contributed by atoms with Gasteiger partial charge in [0.05, 0.1) is 11.0 Å². The van der Waals surface area contributed by atoms with Gasteiger partial charge in [-0.25, -0.2) is 4.98 Å². The van der Waals surface area contributed by atoms with Gasteiger partial charge in [0.25, 0.3) is 5.91 Å². The molecule has 0 saturated carbocycles. The molecule has 1 amide bonds. The zero-order chi connectivity index (χ0) is 17.8. The van der Waals surface area contributed by atoms with E-state index in [1.165, 1.54) is 18.4 Å². The molecule has 1 aliphatic heterocycles. The monoisotopic (exact) mass is 348 g/mol. The molecule has 4 rings (SSSR count). The highest BCUT2D eigenvalue weighted by Crippen LogP contribution is 2.23. The average Bonchev–Trinajstić information content (AvgIpc) is 3.11. The van der Waals surface area contributed by atoms with E-state index >= 15 is 0 Å². The Bertz CT molecular complexity index is 845. The largest absolute Gasteiger partial charge is 0.352 e. The number of nitrogens with zero attached hydrogens (tertiary/aromatic N) is 1. The van der Waals surface area contributed by atoms with Crippen molar-refractivity contribution in [3.63, 3.8) is 0 Å². The van der Waals surface area contributed by atoms with Crippen molar-refractivity contribution in [1.29, 1.82) is 0 Å². The quantitative estimate of drug-likeness (QED) is 0.664. The van der Waals surface area contributed by atoms with Crippen molar-refractivity contribution in [3.8, 4) is 0 Å². The summed E-state index contributed by atoms with van der Waals surface area (Å²) in [6.45, 7) is 2.71. The van der Waals surface area contributed by atoms with Crippen LogP contribution in [0.3, 0.4) is 0 Å². The van der Waals surface area contributed by atoms with E-state index < -0.39 is 0 Å². The Kier molecular flexibility index (Phi) is 4.97. The molecule has 26 heavy (non-hydrogen) atoms. The maximum atomic E-state index is 12.3. The van der Waals surface area contributed by atoms with Crippen molar-refractivity contribution >= 4 is 16.9 Å². The fraction of sp³-hybridized carbons (Fsp3) is 0.333. The summed E-state index contributed by atoms with van der Waals surface area (Å²) in [6, 6.07) is 16.0. The number of fused-ring (bicyclic) bond motifs is 1. The second-order valence-corrected chi connectivity index (χ2v) is 6.87. The number of carbonyl (C=O) groups excluding carboxylic acids is 1. The summed E-state index contributed by atoms with van der Waals surface area (Å²) >= 11 is 0. The number of piperidine rings is 1. The number of benzene rings is 2. The summed E-state index contributed by atoms with van der Waals surface area (Å²) in [5, 5.41) is 6.42. The lowest BCUT2D eigenvalue weighted by Gasteiger charge is -2.23. The molecule has 134 valence electrons. The molecule has 2 aromatic carbocycles. The Hall–Kier alpha value is -2.66. The van der Waals surface area contributed by atoms with Gasteiger partial charge in [0.2, 0.25) is 0 Å². The molecular weight excluding hydrogens is 324 g/mol. The molecular formula is C21H24N4O. The summed E-state index contributed by atoms with van der Waals surface area (Å²) in [6.07, 6.45) is 3.12. The van der Waals surface area contributed by atoms with Gasteiger partial charge in [-0.3, -0.25) is 4.79 Å². The van der Waals surface area contributed by atoms with Crippen LogP contribution in [0.2, 0.25) is 0 Å². The highest BCUT2D eigenvalue weighted by molar-refractivity contribution is 5.94. The predicted molar refractivity (Wildman–Crippen MR) is 103 cm³/mol. The Morgan fingerprint density at radius 3 is 2.77 bits per heavy atom. The van der Waals surface area contributed by atoms with Crippen molar-refractivity contribution in [2.24, 2.45) is 0 Å². The zero-order valence-electron chi connectivity index (χ0n) is 14.8. The molecule has 3 N–H and O–H groups in total. The summed E-state index contributed by atoms with van der Waals surface area (Å²) in [5.74, 6) is 1.43. The van der Waals surface area contributed by atoms with Crippen LogP contribution in [0, 0.1) is 0 Å². The minimum atomic E-state index is -0.0329. The first kappa shape index (κ1) is 16.8. The molecule has 1 atom stereocenters. The minimum absolute atomic E-state index is 0.0329. The van der Waals surface area contributed by atoms with E-state index in [0.29, 0.717) is 24.4 Å². The van der Waals surface area contributed by atoms with Crippen LogP contribution in [0.15, 0.2) is 48.5 Å². The summed E-state index contributed by atoms with van der Waals surface area (Å²) < 4.78 is 0. The van der Waals surface area contributed by atoms with Crippen molar-refractivity contribution in [1.82, 2.24) is 20.6 Å². The second kappa shape index (κ2) is 7.70. The van der Waals surface area contributed by atoms with Crippen LogP contribution in [0.25, 0.3) is 11.0 Å². The van der Waals surface area contributed by atoms with Gasteiger partial charge in [0, 0.05) is 25.1 Å². The standard InChI is InChI=1S/C21H24N4O/c26-21(16-9-7-15(8-10-16)17-4-3-12-22-14-17)23-13-11-20-24-18-5-1-2-6-19(18)25-20/h1-2,5-10,17,22H,3-4,11-14H2,(H,23,26)(H,24,25)/t17-/m0/s1. The molecule has 5 nitrogen and oxygen atoms in total. The zero-order valence-corrected chi connectivity index (χ0v) is 14.8. The van der Waals surface area contributed by atoms with Crippen LogP contribution in [-0.4, -0.2) is 35.5 Å². The summed E-state index contributed by atoms with van der Waals surface area (Å²) in [4.78, 5) is 20.2. The average molecular weight is 348 g/mol. The molecule has 0 radical (unpaired) electrons. The summed E-state index contributed by atoms with van der Waals surface area (Å²) in [7, 11) is 0. The van der Waals surface area contributed by atoms with E-state index in [2.05, 4.69) is 32.7 Å². The number of imidazole rings is 1. The first-order chi connectivity index (χ1) is 12.8. The lowest BCUT2D eigenvalue weighted by Crippen LogP contribution is -2.28. The van der Waals surface area contributed by atoms with Crippen LogP contribution in [0.1, 0.15) is 40.5 Å². The van der Waals surface area contributed by atoms with Crippen molar-refractivity contribution < 1.29 is 4.79 Å². The number of amides is 1. The number of hydrogen-bond donors (Lipinski definition) is 3. The molecule has 3 aromatic rings. The lowest BCUT2D eigenvalue weighted by atomic mass is 9.91. The van der Waals surface area contributed by atoms with Gasteiger partial charge in [-0.15, -0.1) is 0 Å². The number of rotatable bonds is 5. The number of hydrogen-bond acceptors (Lipinski definition) is 3. The minimum Gasteiger partial charge on any atom is -0.352 e. The van der Waals surface area contributed by atoms with Gasteiger partial charge < -0.3 is 15.6 Å². The first-order valence-corrected chi connectivity index (χ1v) is 9.32. The second-order valence-electron chi connectivity index (χ2n) is 6.87. The van der Waals surface area contributed by atoms with Gasteiger partial charge in [-0.2, -0.15) is 0 Å². The molecule has 1 aromatic heterocycles. The molecule has 1 saturated heterocycles. The maximum Gasteiger partial charge on any atom is 0.251 e. The van der Waals surface area contributed by atoms with Gasteiger partial charge in [0.15, 0.2) is 0 Å². The number of H-pyrrole nitrogens is 1. The van der Waals surface area contributed by atoms with Crippen LogP contribution in [0.5, 0.6) is 0 Å². The van der Waals surface area contributed by atoms with Crippen LogP contribution in [0.4, 0.5) is 0 Å². The van der Waals surface area contributed by atoms with Crippen LogP contribution < -0.4 is 10.6 Å². The molecule has 0 aliphatic carbocycles. The smallest absolute Gasteiger partial charge is 0.251 e. The van der Waals surface area contributed by atoms with Gasteiger partial charge in [-0.1, -0.05) is 24.3 Å². The SMILES string of the molecule is O=C(NCCc1nc2ccccc2[nH]1)c1ccc([C@H]2CCCNC2)cc1. The third kappa shape index (κ3) is 3.78. The molecule has 5 heteroatoms. The molecule has 0 spiro atoms. The van der Waals surface area contributed by atoms with E-state index in [1.54, 1.807) is 0 Å². The number of aromatic nitrogens is 2. The Labute approximate surface area is 153 Å². The van der Waals surface area contributed by atoms with Crippen molar-refractivity contribution in [3.05, 3.63) is 65.5 Å². The van der Waals surface area contributed by atoms with E-state index in [1.807, 2.05) is 36.4 Å². The predicted octanol–water partition coefficient (Wildman–Crippen LogP) is 3.00. The number of nitrogens with one attached hydrogen (secondary N) is 3.